The highest BCUT2D eigenvalue weighted by molar-refractivity contribution is 6.31. The zero-order valence-corrected chi connectivity index (χ0v) is 13.5. The van der Waals surface area contributed by atoms with Crippen LogP contribution in [0.1, 0.15) is 5.56 Å². The Morgan fingerprint density at radius 3 is 2.92 bits per heavy atom. The van der Waals surface area contributed by atoms with Crippen molar-refractivity contribution in [1.82, 2.24) is 9.97 Å². The minimum Gasteiger partial charge on any atom is -0.496 e. The van der Waals surface area contributed by atoms with E-state index in [4.69, 9.17) is 16.3 Å². The van der Waals surface area contributed by atoms with Crippen LogP contribution in [0.4, 0.5) is 15.9 Å². The van der Waals surface area contributed by atoms with E-state index < -0.39 is 5.82 Å². The number of aromatic nitrogens is 2. The SMILES string of the molecule is COc1cc2ncnc(Nc3cccc(Cl)c3F)c2cc1CC=O. The molecule has 0 spiro atoms. The molecule has 0 unspecified atom stereocenters. The summed E-state index contributed by atoms with van der Waals surface area (Å²) in [5, 5.41) is 3.59. The first-order valence-electron chi connectivity index (χ1n) is 7.10. The molecule has 2 aromatic carbocycles. The van der Waals surface area contributed by atoms with Gasteiger partial charge in [-0.25, -0.2) is 14.4 Å². The van der Waals surface area contributed by atoms with Gasteiger partial charge in [0.25, 0.3) is 0 Å². The van der Waals surface area contributed by atoms with Crippen LogP contribution in [0.5, 0.6) is 5.75 Å². The minimum atomic E-state index is -0.562. The molecule has 1 N–H and O–H groups in total. The number of methoxy groups -OCH3 is 1. The first kappa shape index (κ1) is 16.1. The van der Waals surface area contributed by atoms with Gasteiger partial charge in [-0.2, -0.15) is 0 Å². The summed E-state index contributed by atoms with van der Waals surface area (Å²) in [6.45, 7) is 0. The number of hydrogen-bond donors (Lipinski definition) is 1. The van der Waals surface area contributed by atoms with Gasteiger partial charge in [0.15, 0.2) is 5.82 Å². The Balaban J connectivity index is 2.12. The fourth-order valence-corrected chi connectivity index (χ4v) is 2.57. The van der Waals surface area contributed by atoms with Crippen molar-refractivity contribution in [3.63, 3.8) is 0 Å². The molecule has 122 valence electrons. The first-order chi connectivity index (χ1) is 11.6. The number of ether oxygens (including phenoxy) is 1. The van der Waals surface area contributed by atoms with E-state index >= 15 is 0 Å². The van der Waals surface area contributed by atoms with Crippen molar-refractivity contribution in [2.75, 3.05) is 12.4 Å². The Hall–Kier alpha value is -2.73. The van der Waals surface area contributed by atoms with Crippen molar-refractivity contribution in [2.45, 2.75) is 6.42 Å². The molecule has 0 bridgehead atoms. The highest BCUT2D eigenvalue weighted by Crippen LogP contribution is 2.31. The zero-order chi connectivity index (χ0) is 17.1. The summed E-state index contributed by atoms with van der Waals surface area (Å²) in [5.74, 6) is 0.414. The number of carbonyl (C=O) groups is 1. The number of fused-ring (bicyclic) bond motifs is 1. The maximum atomic E-state index is 14.1. The molecule has 0 atom stereocenters. The van der Waals surface area contributed by atoms with Gasteiger partial charge < -0.3 is 14.8 Å². The van der Waals surface area contributed by atoms with Gasteiger partial charge >= 0.3 is 0 Å². The van der Waals surface area contributed by atoms with Crippen LogP contribution < -0.4 is 10.1 Å². The molecule has 0 saturated heterocycles. The summed E-state index contributed by atoms with van der Waals surface area (Å²) in [7, 11) is 1.52. The number of aldehydes is 1. The Kier molecular flexibility index (Phi) is 4.57. The number of rotatable bonds is 5. The number of halogens is 2. The maximum Gasteiger partial charge on any atom is 0.165 e. The molecular weight excluding hydrogens is 333 g/mol. The maximum absolute atomic E-state index is 14.1. The molecule has 7 heteroatoms. The van der Waals surface area contributed by atoms with Gasteiger partial charge in [-0.3, -0.25) is 0 Å². The molecule has 1 heterocycles. The molecule has 5 nitrogen and oxygen atoms in total. The molecule has 0 aliphatic heterocycles. The van der Waals surface area contributed by atoms with Gasteiger partial charge in [0.2, 0.25) is 0 Å². The summed E-state index contributed by atoms with van der Waals surface area (Å²) in [6, 6.07) is 8.14. The van der Waals surface area contributed by atoms with Crippen LogP contribution in [0, 0.1) is 5.82 Å². The monoisotopic (exact) mass is 345 g/mol. The van der Waals surface area contributed by atoms with Crippen molar-refractivity contribution in [3.05, 3.63) is 53.1 Å². The minimum absolute atomic E-state index is 0.0154. The molecule has 0 fully saturated rings. The smallest absolute Gasteiger partial charge is 0.165 e. The topological polar surface area (TPSA) is 64.1 Å². The van der Waals surface area contributed by atoms with Crippen molar-refractivity contribution < 1.29 is 13.9 Å². The molecule has 0 amide bonds. The lowest BCUT2D eigenvalue weighted by Gasteiger charge is -2.12. The third kappa shape index (κ3) is 3.00. The Bertz CT molecular complexity index is 918. The number of nitrogens with one attached hydrogen (secondary N) is 1. The third-order valence-corrected chi connectivity index (χ3v) is 3.84. The van der Waals surface area contributed by atoms with Crippen molar-refractivity contribution in [3.8, 4) is 5.75 Å². The summed E-state index contributed by atoms with van der Waals surface area (Å²) in [4.78, 5) is 19.2. The predicted octanol–water partition coefficient (Wildman–Crippen LogP) is 3.92. The van der Waals surface area contributed by atoms with E-state index in [2.05, 4.69) is 15.3 Å². The van der Waals surface area contributed by atoms with E-state index in [9.17, 15) is 9.18 Å². The average Bonchev–Trinajstić information content (AvgIpc) is 2.59. The van der Waals surface area contributed by atoms with Crippen LogP contribution >= 0.6 is 11.6 Å². The van der Waals surface area contributed by atoms with Crippen LogP contribution in [0.3, 0.4) is 0 Å². The lowest BCUT2D eigenvalue weighted by atomic mass is 10.1. The summed E-state index contributed by atoms with van der Waals surface area (Å²) in [5.41, 5.74) is 1.51. The van der Waals surface area contributed by atoms with Gasteiger partial charge in [0.05, 0.1) is 23.3 Å². The second-order valence-electron chi connectivity index (χ2n) is 5.00. The molecular formula is C17H13ClFN3O2. The Morgan fingerprint density at radius 1 is 1.33 bits per heavy atom. The van der Waals surface area contributed by atoms with E-state index in [1.54, 1.807) is 24.3 Å². The molecule has 24 heavy (non-hydrogen) atoms. The third-order valence-electron chi connectivity index (χ3n) is 3.55. The first-order valence-corrected chi connectivity index (χ1v) is 7.48. The van der Waals surface area contributed by atoms with E-state index in [0.717, 1.165) is 6.29 Å². The van der Waals surface area contributed by atoms with Crippen LogP contribution in [0.15, 0.2) is 36.7 Å². The van der Waals surface area contributed by atoms with Gasteiger partial charge in [-0.15, -0.1) is 0 Å². The lowest BCUT2D eigenvalue weighted by molar-refractivity contribution is -0.107. The number of anilines is 2. The molecule has 0 aliphatic rings. The average molecular weight is 346 g/mol. The number of carbonyl (C=O) groups excluding carboxylic acids is 1. The standard InChI is InChI=1S/C17H13ClFN3O2/c1-24-15-8-14-11(7-10(15)5-6-23)17(21-9-20-14)22-13-4-2-3-12(18)16(13)19/h2-4,6-9H,5H2,1H3,(H,20,21,22). The van der Waals surface area contributed by atoms with Crippen LogP contribution in [0.2, 0.25) is 5.02 Å². The van der Waals surface area contributed by atoms with Gasteiger partial charge in [0, 0.05) is 23.4 Å². The fraction of sp³-hybridized carbons (Fsp3) is 0.118. The van der Waals surface area contributed by atoms with Crippen molar-refractivity contribution in [1.29, 1.82) is 0 Å². The van der Waals surface area contributed by atoms with Gasteiger partial charge in [0.1, 0.15) is 24.2 Å². The highest BCUT2D eigenvalue weighted by atomic mass is 35.5. The molecule has 3 aromatic rings. The second kappa shape index (κ2) is 6.80. The highest BCUT2D eigenvalue weighted by Gasteiger charge is 2.12. The zero-order valence-electron chi connectivity index (χ0n) is 12.7. The molecule has 3 rings (SSSR count). The predicted molar refractivity (Wildman–Crippen MR) is 90.6 cm³/mol. The second-order valence-corrected chi connectivity index (χ2v) is 5.41. The molecule has 0 radical (unpaired) electrons. The summed E-state index contributed by atoms with van der Waals surface area (Å²) in [6.07, 6.45) is 2.35. The quantitative estimate of drug-likeness (QED) is 0.710. The molecule has 0 saturated carbocycles. The molecule has 1 aromatic heterocycles. The van der Waals surface area contributed by atoms with E-state index in [0.29, 0.717) is 28.0 Å². The van der Waals surface area contributed by atoms with Gasteiger partial charge in [-0.05, 0) is 18.2 Å². The lowest BCUT2D eigenvalue weighted by Crippen LogP contribution is -2.00. The fourth-order valence-electron chi connectivity index (χ4n) is 2.40. The number of nitrogens with zero attached hydrogens (tertiary/aromatic N) is 2. The summed E-state index contributed by atoms with van der Waals surface area (Å²) < 4.78 is 19.4. The largest absolute Gasteiger partial charge is 0.496 e. The Morgan fingerprint density at radius 2 is 2.17 bits per heavy atom. The van der Waals surface area contributed by atoms with Gasteiger partial charge in [-0.1, -0.05) is 17.7 Å². The summed E-state index contributed by atoms with van der Waals surface area (Å²) >= 11 is 5.80. The van der Waals surface area contributed by atoms with E-state index in [1.807, 2.05) is 0 Å². The number of benzene rings is 2. The Labute approximate surface area is 142 Å². The van der Waals surface area contributed by atoms with E-state index in [-0.39, 0.29) is 17.1 Å². The van der Waals surface area contributed by atoms with Crippen LogP contribution in [0.25, 0.3) is 10.9 Å². The van der Waals surface area contributed by atoms with Crippen LogP contribution in [-0.4, -0.2) is 23.4 Å². The van der Waals surface area contributed by atoms with E-state index in [1.165, 1.54) is 19.5 Å². The number of hydrogen-bond acceptors (Lipinski definition) is 5. The van der Waals surface area contributed by atoms with Crippen LogP contribution in [-0.2, 0) is 11.2 Å². The van der Waals surface area contributed by atoms with Crippen molar-refractivity contribution >= 4 is 40.3 Å². The molecule has 0 aliphatic carbocycles. The normalized spacial score (nSPS) is 10.6. The van der Waals surface area contributed by atoms with Crippen molar-refractivity contribution in [2.24, 2.45) is 0 Å².